The summed E-state index contributed by atoms with van der Waals surface area (Å²) in [5.74, 6) is 1.85. The normalized spacial score (nSPS) is 10.4. The zero-order valence-electron chi connectivity index (χ0n) is 10.8. The molecule has 96 valence electrons. The number of hydrogen-bond donors (Lipinski definition) is 1. The van der Waals surface area contributed by atoms with Crippen molar-refractivity contribution >= 4 is 17.4 Å². The lowest BCUT2D eigenvalue weighted by Gasteiger charge is -2.12. The number of anilines is 1. The molecule has 5 heteroatoms. The van der Waals surface area contributed by atoms with Crippen LogP contribution >= 0.6 is 11.8 Å². The van der Waals surface area contributed by atoms with Gasteiger partial charge >= 0.3 is 0 Å². The molecule has 1 heterocycles. The van der Waals surface area contributed by atoms with E-state index in [1.165, 1.54) is 4.90 Å². The van der Waals surface area contributed by atoms with Crippen molar-refractivity contribution in [3.8, 4) is 5.75 Å². The van der Waals surface area contributed by atoms with Crippen molar-refractivity contribution in [2.24, 2.45) is 7.05 Å². The van der Waals surface area contributed by atoms with E-state index in [0.29, 0.717) is 6.54 Å². The smallest absolute Gasteiger partial charge is 0.143 e. The lowest BCUT2D eigenvalue weighted by atomic mass is 10.3. The Kier molecular flexibility index (Phi) is 4.15. The maximum Gasteiger partial charge on any atom is 0.143 e. The predicted octanol–water partition coefficient (Wildman–Crippen LogP) is 2.76. The Bertz CT molecular complexity index is 525. The first kappa shape index (κ1) is 12.8. The third-order valence-electron chi connectivity index (χ3n) is 2.77. The quantitative estimate of drug-likeness (QED) is 0.842. The molecule has 1 N–H and O–H groups in total. The Balaban J connectivity index is 2.11. The average Bonchev–Trinajstić information content (AvgIpc) is 2.81. The molecule has 0 spiro atoms. The van der Waals surface area contributed by atoms with Crippen LogP contribution in [-0.2, 0) is 13.6 Å². The minimum Gasteiger partial charge on any atom is -0.495 e. The molecule has 0 bridgehead atoms. The van der Waals surface area contributed by atoms with Crippen LogP contribution < -0.4 is 10.1 Å². The van der Waals surface area contributed by atoms with Crippen molar-refractivity contribution in [3.63, 3.8) is 0 Å². The van der Waals surface area contributed by atoms with Gasteiger partial charge in [0.2, 0.25) is 0 Å². The fourth-order valence-corrected chi connectivity index (χ4v) is 2.11. The summed E-state index contributed by atoms with van der Waals surface area (Å²) < 4.78 is 7.38. The van der Waals surface area contributed by atoms with Crippen LogP contribution in [0.2, 0.25) is 0 Å². The van der Waals surface area contributed by atoms with Gasteiger partial charge in [0.15, 0.2) is 0 Å². The van der Waals surface area contributed by atoms with Crippen LogP contribution in [0.1, 0.15) is 5.82 Å². The summed E-state index contributed by atoms with van der Waals surface area (Å²) in [7, 11) is 3.67. The SMILES string of the molecule is COc1cc(SC)ccc1NCc1nccn1C. The molecule has 1 aromatic heterocycles. The van der Waals surface area contributed by atoms with Gasteiger partial charge in [-0.1, -0.05) is 0 Å². The van der Waals surface area contributed by atoms with Crippen LogP contribution in [0.25, 0.3) is 0 Å². The zero-order chi connectivity index (χ0) is 13.0. The highest BCUT2D eigenvalue weighted by molar-refractivity contribution is 7.98. The highest BCUT2D eigenvalue weighted by Crippen LogP contribution is 2.29. The zero-order valence-corrected chi connectivity index (χ0v) is 11.6. The van der Waals surface area contributed by atoms with Gasteiger partial charge in [-0.2, -0.15) is 0 Å². The number of nitrogens with zero attached hydrogens (tertiary/aromatic N) is 2. The number of methoxy groups -OCH3 is 1. The summed E-state index contributed by atoms with van der Waals surface area (Å²) in [6.45, 7) is 0.679. The van der Waals surface area contributed by atoms with E-state index >= 15 is 0 Å². The number of hydrogen-bond acceptors (Lipinski definition) is 4. The second-order valence-corrected chi connectivity index (χ2v) is 4.75. The number of thioether (sulfide) groups is 1. The summed E-state index contributed by atoms with van der Waals surface area (Å²) in [6, 6.07) is 6.15. The molecule has 0 aliphatic rings. The molecule has 0 atom stereocenters. The van der Waals surface area contributed by atoms with Crippen LogP contribution in [0.4, 0.5) is 5.69 Å². The first-order valence-corrected chi connectivity index (χ1v) is 6.89. The molecule has 18 heavy (non-hydrogen) atoms. The van der Waals surface area contributed by atoms with Gasteiger partial charge in [-0.3, -0.25) is 0 Å². The van der Waals surface area contributed by atoms with E-state index in [1.807, 2.05) is 29.9 Å². The topological polar surface area (TPSA) is 39.1 Å². The Hall–Kier alpha value is -1.62. The van der Waals surface area contributed by atoms with Gasteiger partial charge in [0.25, 0.3) is 0 Å². The molecule has 2 aromatic rings. The van der Waals surface area contributed by atoms with Crippen molar-refractivity contribution < 1.29 is 4.74 Å². The number of rotatable bonds is 5. The van der Waals surface area contributed by atoms with Crippen LogP contribution in [0.15, 0.2) is 35.5 Å². The number of ether oxygens (including phenoxy) is 1. The standard InChI is InChI=1S/C13H17N3OS/c1-16-7-6-14-13(16)9-15-11-5-4-10(18-3)8-12(11)17-2/h4-8,15H,9H2,1-3H3. The van der Waals surface area contributed by atoms with E-state index in [0.717, 1.165) is 17.3 Å². The van der Waals surface area contributed by atoms with E-state index in [-0.39, 0.29) is 0 Å². The van der Waals surface area contributed by atoms with Gasteiger partial charge < -0.3 is 14.6 Å². The van der Waals surface area contributed by atoms with Gasteiger partial charge in [0, 0.05) is 24.3 Å². The van der Waals surface area contributed by atoms with E-state index in [9.17, 15) is 0 Å². The second-order valence-electron chi connectivity index (χ2n) is 3.87. The maximum atomic E-state index is 5.38. The second kappa shape index (κ2) is 5.82. The van der Waals surface area contributed by atoms with Gasteiger partial charge in [-0.25, -0.2) is 4.98 Å². The van der Waals surface area contributed by atoms with Crippen molar-refractivity contribution in [2.45, 2.75) is 11.4 Å². The number of benzene rings is 1. The molecule has 0 saturated heterocycles. The molecule has 0 fully saturated rings. The van der Waals surface area contributed by atoms with Crippen molar-refractivity contribution in [3.05, 3.63) is 36.4 Å². The number of aryl methyl sites for hydroxylation is 1. The van der Waals surface area contributed by atoms with Gasteiger partial charge in [0.05, 0.1) is 19.3 Å². The average molecular weight is 263 g/mol. The van der Waals surface area contributed by atoms with E-state index in [4.69, 9.17) is 4.74 Å². The van der Waals surface area contributed by atoms with Gasteiger partial charge in [0.1, 0.15) is 11.6 Å². The van der Waals surface area contributed by atoms with E-state index in [1.54, 1.807) is 25.1 Å². The highest BCUT2D eigenvalue weighted by Gasteiger charge is 2.05. The Morgan fingerprint density at radius 3 is 2.89 bits per heavy atom. The molecular formula is C13H17N3OS. The van der Waals surface area contributed by atoms with Crippen LogP contribution in [0.5, 0.6) is 5.75 Å². The molecule has 4 nitrogen and oxygen atoms in total. The molecule has 0 radical (unpaired) electrons. The first-order valence-electron chi connectivity index (χ1n) is 5.66. The van der Waals surface area contributed by atoms with Crippen LogP contribution in [0, 0.1) is 0 Å². The third kappa shape index (κ3) is 2.79. The number of imidazole rings is 1. The first-order chi connectivity index (χ1) is 8.74. The number of nitrogens with one attached hydrogen (secondary N) is 1. The predicted molar refractivity (Wildman–Crippen MR) is 75.3 cm³/mol. The summed E-state index contributed by atoms with van der Waals surface area (Å²) in [6.07, 6.45) is 5.78. The van der Waals surface area contributed by atoms with E-state index < -0.39 is 0 Å². The molecule has 0 amide bonds. The fourth-order valence-electron chi connectivity index (χ4n) is 1.69. The van der Waals surface area contributed by atoms with Crippen molar-refractivity contribution in [1.29, 1.82) is 0 Å². The van der Waals surface area contributed by atoms with Crippen molar-refractivity contribution in [1.82, 2.24) is 9.55 Å². The van der Waals surface area contributed by atoms with Gasteiger partial charge in [-0.15, -0.1) is 11.8 Å². The Morgan fingerprint density at radius 2 is 2.28 bits per heavy atom. The Morgan fingerprint density at radius 1 is 1.44 bits per heavy atom. The molecular weight excluding hydrogens is 246 g/mol. The largest absolute Gasteiger partial charge is 0.495 e. The minimum absolute atomic E-state index is 0.679. The van der Waals surface area contributed by atoms with Crippen LogP contribution in [-0.4, -0.2) is 22.9 Å². The molecule has 0 unspecified atom stereocenters. The minimum atomic E-state index is 0.679. The lowest BCUT2D eigenvalue weighted by molar-refractivity contribution is 0.415. The summed E-state index contributed by atoms with van der Waals surface area (Å²) in [5, 5.41) is 3.34. The monoisotopic (exact) mass is 263 g/mol. The van der Waals surface area contributed by atoms with Crippen LogP contribution in [0.3, 0.4) is 0 Å². The van der Waals surface area contributed by atoms with Gasteiger partial charge in [-0.05, 0) is 24.5 Å². The van der Waals surface area contributed by atoms with E-state index in [2.05, 4.69) is 22.6 Å². The molecule has 1 aromatic carbocycles. The summed E-state index contributed by atoms with van der Waals surface area (Å²) >= 11 is 1.70. The lowest BCUT2D eigenvalue weighted by Crippen LogP contribution is -2.06. The molecule has 2 rings (SSSR count). The molecule has 0 aliphatic heterocycles. The summed E-state index contributed by atoms with van der Waals surface area (Å²) in [5.41, 5.74) is 0.985. The van der Waals surface area contributed by atoms with Crippen molar-refractivity contribution in [2.75, 3.05) is 18.7 Å². The third-order valence-corrected chi connectivity index (χ3v) is 3.49. The molecule has 0 saturated carbocycles. The highest BCUT2D eigenvalue weighted by atomic mass is 32.2. The molecule has 0 aliphatic carbocycles. The summed E-state index contributed by atoms with van der Waals surface area (Å²) in [4.78, 5) is 5.46. The Labute approximate surface area is 111 Å². The maximum absolute atomic E-state index is 5.38. The number of aromatic nitrogens is 2. The fraction of sp³-hybridized carbons (Fsp3) is 0.308.